The van der Waals surface area contributed by atoms with Crippen LogP contribution in [0.25, 0.3) is 0 Å². The lowest BCUT2D eigenvalue weighted by molar-refractivity contribution is -0.148. The predicted molar refractivity (Wildman–Crippen MR) is 60.9 cm³/mol. The molecule has 1 heterocycles. The molecule has 0 radical (unpaired) electrons. The maximum Gasteiger partial charge on any atom is 0.326 e. The third-order valence-corrected chi connectivity index (χ3v) is 2.22. The fraction of sp³-hybridized carbons (Fsp3) is 0.583. The van der Waals surface area contributed by atoms with Gasteiger partial charge >= 0.3 is 5.97 Å². The molecule has 1 aromatic rings. The normalized spacial score (nSPS) is 12.8. The van der Waals surface area contributed by atoms with Crippen LogP contribution < -0.4 is 0 Å². The van der Waals surface area contributed by atoms with Gasteiger partial charge in [-0.2, -0.15) is 0 Å². The number of nitrogens with zero attached hydrogens (tertiary/aromatic N) is 1. The highest BCUT2D eigenvalue weighted by Crippen LogP contribution is 2.16. The number of esters is 1. The molecule has 4 heteroatoms. The number of rotatable bonds is 5. The van der Waals surface area contributed by atoms with Gasteiger partial charge in [0, 0.05) is 12.4 Å². The summed E-state index contributed by atoms with van der Waals surface area (Å²) in [5.74, 6) is -0.261. The average Bonchev–Trinajstić information content (AvgIpc) is 2.63. The Bertz CT molecular complexity index is 344. The molecule has 4 nitrogen and oxygen atoms in total. The molecule has 1 N–H and O–H groups in total. The van der Waals surface area contributed by atoms with Gasteiger partial charge in [-0.1, -0.05) is 6.92 Å². The molecule has 16 heavy (non-hydrogen) atoms. The second-order valence-corrected chi connectivity index (χ2v) is 4.08. The monoisotopic (exact) mass is 225 g/mol. The molecule has 0 aromatic carbocycles. The molecule has 0 aliphatic rings. The topological polar surface area (TPSA) is 51.5 Å². The van der Waals surface area contributed by atoms with Crippen LogP contribution in [0.15, 0.2) is 18.5 Å². The van der Waals surface area contributed by atoms with Crippen molar-refractivity contribution in [3.63, 3.8) is 0 Å². The van der Waals surface area contributed by atoms with Gasteiger partial charge in [-0.15, -0.1) is 0 Å². The van der Waals surface area contributed by atoms with E-state index >= 15 is 0 Å². The van der Waals surface area contributed by atoms with E-state index in [2.05, 4.69) is 0 Å². The van der Waals surface area contributed by atoms with Gasteiger partial charge < -0.3 is 14.4 Å². The van der Waals surface area contributed by atoms with Gasteiger partial charge in [0.05, 0.1) is 12.2 Å². The summed E-state index contributed by atoms with van der Waals surface area (Å²) in [7, 11) is 0. The zero-order valence-corrected chi connectivity index (χ0v) is 10.0. The lowest BCUT2D eigenvalue weighted by atomic mass is 10.1. The summed E-state index contributed by atoms with van der Waals surface area (Å²) in [5.41, 5.74) is 0.833. The van der Waals surface area contributed by atoms with E-state index in [1.165, 1.54) is 0 Å². The van der Waals surface area contributed by atoms with Gasteiger partial charge in [0.2, 0.25) is 0 Å². The number of aliphatic hydroxyl groups is 1. The highest BCUT2D eigenvalue weighted by Gasteiger charge is 2.09. The summed E-state index contributed by atoms with van der Waals surface area (Å²) in [6.45, 7) is 5.74. The minimum atomic E-state index is -0.456. The molecule has 0 aliphatic heterocycles. The first-order chi connectivity index (χ1) is 7.52. The first kappa shape index (κ1) is 12.8. The van der Waals surface area contributed by atoms with Gasteiger partial charge in [-0.3, -0.25) is 4.79 Å². The zero-order chi connectivity index (χ0) is 12.1. The molecule has 0 saturated carbocycles. The van der Waals surface area contributed by atoms with Crippen molar-refractivity contribution in [2.24, 2.45) is 0 Å². The summed E-state index contributed by atoms with van der Waals surface area (Å²) in [5, 5.41) is 9.59. The van der Waals surface area contributed by atoms with E-state index in [-0.39, 0.29) is 18.6 Å². The first-order valence-corrected chi connectivity index (χ1v) is 5.56. The van der Waals surface area contributed by atoms with Crippen molar-refractivity contribution < 1.29 is 14.6 Å². The minimum absolute atomic E-state index is 0.0937. The quantitative estimate of drug-likeness (QED) is 0.778. The highest BCUT2D eigenvalue weighted by molar-refractivity contribution is 5.69. The molecule has 1 aromatic heterocycles. The Labute approximate surface area is 95.8 Å². The summed E-state index contributed by atoms with van der Waals surface area (Å²) < 4.78 is 6.75. The second kappa shape index (κ2) is 5.70. The van der Waals surface area contributed by atoms with Crippen molar-refractivity contribution in [2.75, 3.05) is 0 Å². The first-order valence-electron chi connectivity index (χ1n) is 5.56. The van der Waals surface area contributed by atoms with E-state index in [4.69, 9.17) is 4.74 Å². The van der Waals surface area contributed by atoms with Crippen LogP contribution in [0.3, 0.4) is 0 Å². The Morgan fingerprint density at radius 2 is 2.25 bits per heavy atom. The summed E-state index contributed by atoms with van der Waals surface area (Å²) in [6.07, 6.45) is 3.66. The second-order valence-electron chi connectivity index (χ2n) is 4.08. The number of hydrogen-bond acceptors (Lipinski definition) is 3. The molecule has 0 fully saturated rings. The Morgan fingerprint density at radius 1 is 1.56 bits per heavy atom. The molecule has 1 atom stereocenters. The molecule has 0 spiro atoms. The molecule has 0 saturated heterocycles. The van der Waals surface area contributed by atoms with Gasteiger partial charge in [0.15, 0.2) is 0 Å². The third-order valence-electron chi connectivity index (χ3n) is 2.22. The average molecular weight is 225 g/mol. The van der Waals surface area contributed by atoms with Crippen molar-refractivity contribution >= 4 is 5.97 Å². The van der Waals surface area contributed by atoms with Gasteiger partial charge in [0.1, 0.15) is 6.54 Å². The van der Waals surface area contributed by atoms with Crippen molar-refractivity contribution in [1.82, 2.24) is 4.57 Å². The molecule has 90 valence electrons. The predicted octanol–water partition coefficient (Wildman–Crippen LogP) is 1.88. The summed E-state index contributed by atoms with van der Waals surface area (Å²) in [6, 6.07) is 1.82. The minimum Gasteiger partial charge on any atom is -0.462 e. The molecule has 0 aliphatic carbocycles. The number of carbonyl (C=O) groups excluding carboxylic acids is 1. The Kier molecular flexibility index (Phi) is 4.55. The highest BCUT2D eigenvalue weighted by atomic mass is 16.5. The van der Waals surface area contributed by atoms with E-state index in [0.29, 0.717) is 6.42 Å². The van der Waals surface area contributed by atoms with Crippen LogP contribution in [0.5, 0.6) is 0 Å². The maximum absolute atomic E-state index is 11.4. The van der Waals surface area contributed by atoms with Crippen LogP contribution in [-0.4, -0.2) is 21.7 Å². The Balaban J connectivity index is 2.55. The number of aromatic nitrogens is 1. The zero-order valence-electron chi connectivity index (χ0n) is 10.0. The van der Waals surface area contributed by atoms with Crippen molar-refractivity contribution in [3.8, 4) is 0 Å². The van der Waals surface area contributed by atoms with E-state index in [1.54, 1.807) is 17.0 Å². The van der Waals surface area contributed by atoms with E-state index in [0.717, 1.165) is 5.56 Å². The molecular formula is C12H19NO3. The molecule has 1 unspecified atom stereocenters. The fourth-order valence-corrected chi connectivity index (χ4v) is 1.44. The van der Waals surface area contributed by atoms with Gasteiger partial charge in [-0.25, -0.2) is 0 Å². The lowest BCUT2D eigenvalue weighted by Gasteiger charge is -2.08. The SMILES string of the molecule is CCC(O)c1ccn(CC(=O)OC(C)C)c1. The van der Waals surface area contributed by atoms with Crippen LogP contribution in [0, 0.1) is 0 Å². The van der Waals surface area contributed by atoms with Crippen molar-refractivity contribution in [1.29, 1.82) is 0 Å². The van der Waals surface area contributed by atoms with Crippen LogP contribution in [0.1, 0.15) is 38.9 Å². The van der Waals surface area contributed by atoms with Gasteiger partial charge in [-0.05, 0) is 31.9 Å². The summed E-state index contributed by atoms with van der Waals surface area (Å²) in [4.78, 5) is 11.4. The number of ether oxygens (including phenoxy) is 1. The van der Waals surface area contributed by atoms with Crippen LogP contribution >= 0.6 is 0 Å². The van der Waals surface area contributed by atoms with Gasteiger partial charge in [0.25, 0.3) is 0 Å². The van der Waals surface area contributed by atoms with Crippen molar-refractivity contribution in [2.45, 2.75) is 45.9 Å². The number of aliphatic hydroxyl groups excluding tert-OH is 1. The maximum atomic E-state index is 11.4. The third kappa shape index (κ3) is 3.70. The Morgan fingerprint density at radius 3 is 2.81 bits per heavy atom. The smallest absolute Gasteiger partial charge is 0.326 e. The van der Waals surface area contributed by atoms with E-state index in [9.17, 15) is 9.90 Å². The van der Waals surface area contributed by atoms with Crippen LogP contribution in [0.4, 0.5) is 0 Å². The van der Waals surface area contributed by atoms with Crippen LogP contribution in [0.2, 0.25) is 0 Å². The molecule has 0 amide bonds. The fourth-order valence-electron chi connectivity index (χ4n) is 1.44. The lowest BCUT2D eigenvalue weighted by Crippen LogP contribution is -2.16. The van der Waals surface area contributed by atoms with Crippen LogP contribution in [-0.2, 0) is 16.1 Å². The van der Waals surface area contributed by atoms with E-state index < -0.39 is 6.10 Å². The van der Waals surface area contributed by atoms with E-state index in [1.807, 2.05) is 26.8 Å². The molecule has 0 bridgehead atoms. The van der Waals surface area contributed by atoms with Crippen molar-refractivity contribution in [3.05, 3.63) is 24.0 Å². The Hall–Kier alpha value is -1.29. The number of carbonyl (C=O) groups is 1. The largest absolute Gasteiger partial charge is 0.462 e. The standard InChI is InChI=1S/C12H19NO3/c1-4-11(14)10-5-6-13(7-10)8-12(15)16-9(2)3/h5-7,9,11,14H,4,8H2,1-3H3. The molecule has 1 rings (SSSR count). The molecular weight excluding hydrogens is 206 g/mol. The summed E-state index contributed by atoms with van der Waals surface area (Å²) >= 11 is 0. The number of hydrogen-bond donors (Lipinski definition) is 1.